The van der Waals surface area contributed by atoms with E-state index in [1.807, 2.05) is 13.1 Å². The van der Waals surface area contributed by atoms with Crippen LogP contribution < -0.4 is 0 Å². The van der Waals surface area contributed by atoms with Gasteiger partial charge in [0.25, 0.3) is 0 Å². The monoisotopic (exact) mass is 109 g/mol. The molecule has 0 aromatic heterocycles. The molecular formula is C7H11N. The molecule has 0 saturated heterocycles. The third-order valence-electron chi connectivity index (χ3n) is 1.27. The summed E-state index contributed by atoms with van der Waals surface area (Å²) in [6.07, 6.45) is 7.79. The van der Waals surface area contributed by atoms with Gasteiger partial charge < -0.3 is 0 Å². The highest BCUT2D eigenvalue weighted by atomic mass is 14.7. The number of hydrogen-bond acceptors (Lipinski definition) is 1. The second-order valence-corrected chi connectivity index (χ2v) is 2.09. The molecule has 1 aliphatic heterocycles. The minimum absolute atomic E-state index is 1.15. The molecule has 0 aliphatic carbocycles. The molecule has 0 unspecified atom stereocenters. The van der Waals surface area contributed by atoms with E-state index >= 15 is 0 Å². The lowest BCUT2D eigenvalue weighted by atomic mass is 10.2. The smallest absolute Gasteiger partial charge is 0.0328 e. The van der Waals surface area contributed by atoms with Crippen molar-refractivity contribution in [1.29, 1.82) is 0 Å². The maximum Gasteiger partial charge on any atom is 0.0328 e. The summed E-state index contributed by atoms with van der Waals surface area (Å²) in [5.41, 5.74) is 1.17. The number of hydrogen-bond donors (Lipinski definition) is 0. The van der Waals surface area contributed by atoms with Gasteiger partial charge in [-0.05, 0) is 26.2 Å². The number of rotatable bonds is 0. The Hall–Kier alpha value is -0.590. The fourth-order valence-corrected chi connectivity index (χ4v) is 0.781. The van der Waals surface area contributed by atoms with Gasteiger partial charge in [-0.1, -0.05) is 6.08 Å². The van der Waals surface area contributed by atoms with Crippen molar-refractivity contribution in [1.82, 2.24) is 0 Å². The summed E-state index contributed by atoms with van der Waals surface area (Å²) >= 11 is 0. The molecule has 0 spiro atoms. The van der Waals surface area contributed by atoms with Crippen molar-refractivity contribution in [2.75, 3.05) is 0 Å². The van der Waals surface area contributed by atoms with Gasteiger partial charge in [-0.3, -0.25) is 4.99 Å². The molecule has 0 bridgehead atoms. The van der Waals surface area contributed by atoms with Crippen LogP contribution in [0.4, 0.5) is 0 Å². The molecule has 0 saturated carbocycles. The molecule has 0 aromatic carbocycles. The molecule has 0 atom stereocenters. The first kappa shape index (κ1) is 5.54. The Morgan fingerprint density at radius 3 is 3.25 bits per heavy atom. The van der Waals surface area contributed by atoms with Crippen LogP contribution in [0.5, 0.6) is 0 Å². The highest BCUT2D eigenvalue weighted by molar-refractivity contribution is 5.59. The molecule has 1 heterocycles. The zero-order valence-electron chi connectivity index (χ0n) is 5.22. The first-order valence-corrected chi connectivity index (χ1v) is 3.09. The highest BCUT2D eigenvalue weighted by Gasteiger charge is 1.88. The minimum atomic E-state index is 1.15. The largest absolute Gasteiger partial charge is 0.266 e. The van der Waals surface area contributed by atoms with Crippen molar-refractivity contribution in [3.05, 3.63) is 11.8 Å². The Balaban J connectivity index is 2.55. The van der Waals surface area contributed by atoms with Gasteiger partial charge >= 0.3 is 0 Å². The van der Waals surface area contributed by atoms with Gasteiger partial charge in [0.1, 0.15) is 0 Å². The van der Waals surface area contributed by atoms with E-state index in [1.54, 1.807) is 0 Å². The van der Waals surface area contributed by atoms with Crippen molar-refractivity contribution in [2.24, 2.45) is 4.99 Å². The van der Waals surface area contributed by atoms with Crippen molar-refractivity contribution >= 4 is 6.21 Å². The van der Waals surface area contributed by atoms with E-state index in [4.69, 9.17) is 0 Å². The lowest BCUT2D eigenvalue weighted by Crippen LogP contribution is -1.69. The van der Waals surface area contributed by atoms with Gasteiger partial charge in [-0.2, -0.15) is 0 Å². The molecule has 1 heteroatoms. The lowest BCUT2D eigenvalue weighted by molar-refractivity contribution is 0.909. The quantitative estimate of drug-likeness (QED) is 0.452. The average Bonchev–Trinajstić information content (AvgIpc) is 1.94. The third kappa shape index (κ3) is 1.49. The van der Waals surface area contributed by atoms with E-state index in [-0.39, 0.29) is 0 Å². The van der Waals surface area contributed by atoms with Crippen molar-refractivity contribution in [2.45, 2.75) is 26.2 Å². The van der Waals surface area contributed by atoms with E-state index in [9.17, 15) is 0 Å². The van der Waals surface area contributed by atoms with Crippen molar-refractivity contribution in [3.8, 4) is 0 Å². The van der Waals surface area contributed by atoms with Crippen LogP contribution in [0.1, 0.15) is 26.2 Å². The van der Waals surface area contributed by atoms with E-state index < -0.39 is 0 Å². The van der Waals surface area contributed by atoms with Crippen LogP contribution in [-0.4, -0.2) is 6.21 Å². The Labute approximate surface area is 50.1 Å². The van der Waals surface area contributed by atoms with Crippen molar-refractivity contribution < 1.29 is 0 Å². The summed E-state index contributed by atoms with van der Waals surface area (Å²) in [5.74, 6) is 0. The Morgan fingerprint density at radius 2 is 2.38 bits per heavy atom. The molecule has 0 aromatic rings. The van der Waals surface area contributed by atoms with E-state index in [2.05, 4.69) is 11.1 Å². The van der Waals surface area contributed by atoms with Crippen LogP contribution >= 0.6 is 0 Å². The van der Waals surface area contributed by atoms with Crippen LogP contribution in [0.25, 0.3) is 0 Å². The number of aliphatic imine (C=N–C) groups is 1. The highest BCUT2D eigenvalue weighted by Crippen LogP contribution is 2.05. The van der Waals surface area contributed by atoms with Crippen LogP contribution in [0, 0.1) is 0 Å². The second kappa shape index (κ2) is 2.65. The molecule has 44 valence electrons. The van der Waals surface area contributed by atoms with Gasteiger partial charge in [0, 0.05) is 11.9 Å². The third-order valence-corrected chi connectivity index (χ3v) is 1.27. The van der Waals surface area contributed by atoms with Gasteiger partial charge in [0.05, 0.1) is 0 Å². The SMILES string of the molecule is CC1=CCCCC=N1. The Kier molecular flexibility index (Phi) is 1.84. The average molecular weight is 109 g/mol. The van der Waals surface area contributed by atoms with Crippen LogP contribution in [0.2, 0.25) is 0 Å². The van der Waals surface area contributed by atoms with E-state index in [0.29, 0.717) is 0 Å². The topological polar surface area (TPSA) is 12.4 Å². The standard InChI is InChI=1S/C7H11N/c1-7-5-3-2-4-6-8-7/h5-6H,2-4H2,1H3. The zero-order chi connectivity index (χ0) is 5.82. The number of nitrogens with zero attached hydrogens (tertiary/aromatic N) is 1. The summed E-state index contributed by atoms with van der Waals surface area (Å²) < 4.78 is 0. The molecule has 0 N–H and O–H groups in total. The first-order valence-electron chi connectivity index (χ1n) is 3.09. The Bertz CT molecular complexity index is 122. The number of allylic oxidation sites excluding steroid dienone is 2. The zero-order valence-corrected chi connectivity index (χ0v) is 5.22. The van der Waals surface area contributed by atoms with Crippen LogP contribution in [0.15, 0.2) is 16.8 Å². The minimum Gasteiger partial charge on any atom is -0.266 e. The van der Waals surface area contributed by atoms with E-state index in [0.717, 1.165) is 6.42 Å². The van der Waals surface area contributed by atoms with E-state index in [1.165, 1.54) is 18.5 Å². The van der Waals surface area contributed by atoms with Crippen LogP contribution in [0.3, 0.4) is 0 Å². The van der Waals surface area contributed by atoms with Gasteiger partial charge in [-0.15, -0.1) is 0 Å². The fourth-order valence-electron chi connectivity index (χ4n) is 0.781. The fraction of sp³-hybridized carbons (Fsp3) is 0.571. The molecule has 1 nitrogen and oxygen atoms in total. The Morgan fingerprint density at radius 1 is 1.50 bits per heavy atom. The van der Waals surface area contributed by atoms with Crippen molar-refractivity contribution in [3.63, 3.8) is 0 Å². The van der Waals surface area contributed by atoms with Gasteiger partial charge in [0.2, 0.25) is 0 Å². The summed E-state index contributed by atoms with van der Waals surface area (Å²) in [5, 5.41) is 0. The summed E-state index contributed by atoms with van der Waals surface area (Å²) in [7, 11) is 0. The predicted octanol–water partition coefficient (Wildman–Crippen LogP) is 2.14. The maximum absolute atomic E-state index is 4.16. The molecule has 8 heavy (non-hydrogen) atoms. The lowest BCUT2D eigenvalue weighted by Gasteiger charge is -1.83. The second-order valence-electron chi connectivity index (χ2n) is 2.09. The summed E-state index contributed by atoms with van der Waals surface area (Å²) in [6, 6.07) is 0. The molecular weight excluding hydrogens is 98.1 g/mol. The molecule has 0 radical (unpaired) electrons. The summed E-state index contributed by atoms with van der Waals surface area (Å²) in [4.78, 5) is 4.16. The molecule has 0 amide bonds. The maximum atomic E-state index is 4.16. The summed E-state index contributed by atoms with van der Waals surface area (Å²) in [6.45, 7) is 2.04. The predicted molar refractivity (Wildman–Crippen MR) is 36.1 cm³/mol. The van der Waals surface area contributed by atoms with Gasteiger partial charge in [-0.25, -0.2) is 0 Å². The molecule has 1 aliphatic rings. The molecule has 0 fully saturated rings. The normalized spacial score (nSPS) is 19.9. The van der Waals surface area contributed by atoms with Crippen LogP contribution in [-0.2, 0) is 0 Å². The first-order chi connectivity index (χ1) is 3.89. The molecule has 1 rings (SSSR count). The van der Waals surface area contributed by atoms with Gasteiger partial charge in [0.15, 0.2) is 0 Å².